The molecule has 1 saturated carbocycles. The Balaban J connectivity index is 1.52. The highest BCUT2D eigenvalue weighted by molar-refractivity contribution is 5.72. The molecule has 4 rings (SSSR count). The number of hydrogen-bond acceptors (Lipinski definition) is 1. The Hall–Kier alpha value is -2.61. The van der Waals surface area contributed by atoms with E-state index >= 15 is 4.39 Å². The molecule has 1 fully saturated rings. The average Bonchev–Trinajstić information content (AvgIpc) is 3.00. The summed E-state index contributed by atoms with van der Waals surface area (Å²) in [7, 11) is 0. The van der Waals surface area contributed by atoms with E-state index in [2.05, 4.69) is 84.0 Å². The van der Waals surface area contributed by atoms with Crippen LogP contribution in [0.3, 0.4) is 0 Å². The zero-order valence-corrected chi connectivity index (χ0v) is 25.9. The van der Waals surface area contributed by atoms with Crippen LogP contribution in [-0.2, 0) is 12.8 Å². The second-order valence-corrected chi connectivity index (χ2v) is 12.3. The van der Waals surface area contributed by atoms with Crippen LogP contribution in [0.25, 0.3) is 22.3 Å². The Labute approximate surface area is 243 Å². The molecule has 0 bridgehead atoms. The summed E-state index contributed by atoms with van der Waals surface area (Å²) in [6.45, 7) is 14.4. The van der Waals surface area contributed by atoms with Crippen molar-refractivity contribution < 1.29 is 9.13 Å². The van der Waals surface area contributed by atoms with Crippen LogP contribution in [0, 0.1) is 17.2 Å². The molecule has 1 aliphatic carbocycles. The van der Waals surface area contributed by atoms with Gasteiger partial charge < -0.3 is 4.74 Å². The number of ether oxygens (including phenoxy) is 1. The van der Waals surface area contributed by atoms with Crippen LogP contribution in [0.1, 0.15) is 116 Å². The topological polar surface area (TPSA) is 9.23 Å². The first-order valence-corrected chi connectivity index (χ1v) is 16.1. The molecule has 0 unspecified atom stereocenters. The molecule has 1 nitrogen and oxygen atoms in total. The molecule has 0 radical (unpaired) electrons. The highest BCUT2D eigenvalue weighted by atomic mass is 19.1. The molecular weight excluding hydrogens is 491 g/mol. The predicted molar refractivity (Wildman–Crippen MR) is 170 cm³/mol. The predicted octanol–water partition coefficient (Wildman–Crippen LogP) is 11.6. The standard InChI is InChI=1S/C38H51FO/c1-7-28-24-34(25-29(8-2)37(28)40-23-22-38(9-3,10-4)11-5)31-16-18-32(19-17-31)35-21-20-33(26-36(35)39)30-14-12-27(6)13-15-30/h16-21,24-27,30H,7-15,22-23H2,1-6H3. The van der Waals surface area contributed by atoms with Crippen molar-refractivity contribution in [1.82, 2.24) is 0 Å². The highest BCUT2D eigenvalue weighted by Gasteiger charge is 2.24. The smallest absolute Gasteiger partial charge is 0.131 e. The lowest BCUT2D eigenvalue weighted by Gasteiger charge is -2.30. The Morgan fingerprint density at radius 2 is 1.30 bits per heavy atom. The fourth-order valence-corrected chi connectivity index (χ4v) is 6.74. The van der Waals surface area contributed by atoms with Gasteiger partial charge in [-0.1, -0.05) is 110 Å². The average molecular weight is 543 g/mol. The first-order valence-electron chi connectivity index (χ1n) is 16.1. The molecule has 0 atom stereocenters. The molecule has 0 amide bonds. The normalized spacial score (nSPS) is 17.7. The Morgan fingerprint density at radius 3 is 1.82 bits per heavy atom. The van der Waals surface area contributed by atoms with E-state index in [-0.39, 0.29) is 5.82 Å². The Bertz CT molecular complexity index is 1200. The second-order valence-electron chi connectivity index (χ2n) is 12.3. The molecular formula is C38H51FO. The van der Waals surface area contributed by atoms with Gasteiger partial charge in [-0.25, -0.2) is 4.39 Å². The van der Waals surface area contributed by atoms with Gasteiger partial charge in [-0.15, -0.1) is 0 Å². The molecule has 0 saturated heterocycles. The lowest BCUT2D eigenvalue weighted by molar-refractivity contribution is 0.172. The van der Waals surface area contributed by atoms with Crippen molar-refractivity contribution in [3.05, 3.63) is 77.1 Å². The highest BCUT2D eigenvalue weighted by Crippen LogP contribution is 2.39. The van der Waals surface area contributed by atoms with Gasteiger partial charge in [0.2, 0.25) is 0 Å². The van der Waals surface area contributed by atoms with Crippen LogP contribution in [0.15, 0.2) is 54.6 Å². The maximum Gasteiger partial charge on any atom is 0.131 e. The third-order valence-electron chi connectivity index (χ3n) is 10.1. The van der Waals surface area contributed by atoms with Gasteiger partial charge in [0, 0.05) is 5.56 Å². The minimum atomic E-state index is -0.106. The quantitative estimate of drug-likeness (QED) is 0.221. The Kier molecular flexibility index (Phi) is 10.5. The van der Waals surface area contributed by atoms with Gasteiger partial charge in [-0.2, -0.15) is 0 Å². The lowest BCUT2D eigenvalue weighted by Crippen LogP contribution is -2.21. The fraction of sp³-hybridized carbons (Fsp3) is 0.526. The summed E-state index contributed by atoms with van der Waals surface area (Å²) in [5.41, 5.74) is 8.08. The van der Waals surface area contributed by atoms with Crippen molar-refractivity contribution in [2.45, 2.75) is 112 Å². The van der Waals surface area contributed by atoms with E-state index in [1.54, 1.807) is 6.07 Å². The molecule has 216 valence electrons. The first-order chi connectivity index (χ1) is 19.4. The number of hydrogen-bond donors (Lipinski definition) is 0. The summed E-state index contributed by atoms with van der Waals surface area (Å²) in [6.07, 6.45) is 11.4. The van der Waals surface area contributed by atoms with Crippen LogP contribution in [0.5, 0.6) is 5.75 Å². The second kappa shape index (κ2) is 13.8. The SMILES string of the molecule is CCc1cc(-c2ccc(-c3ccc(C4CCC(C)CC4)cc3F)cc2)cc(CC)c1OCCC(CC)(CC)CC. The van der Waals surface area contributed by atoms with E-state index in [0.29, 0.717) is 16.9 Å². The molecule has 0 aromatic heterocycles. The zero-order chi connectivity index (χ0) is 28.7. The number of aryl methyl sites for hydroxylation is 2. The molecule has 1 aliphatic rings. The minimum Gasteiger partial charge on any atom is -0.493 e. The van der Waals surface area contributed by atoms with E-state index in [1.165, 1.54) is 61.6 Å². The molecule has 2 heteroatoms. The van der Waals surface area contributed by atoms with E-state index in [1.807, 2.05) is 6.07 Å². The maximum absolute atomic E-state index is 15.3. The van der Waals surface area contributed by atoms with Gasteiger partial charge in [0.15, 0.2) is 0 Å². The Morgan fingerprint density at radius 1 is 0.725 bits per heavy atom. The molecule has 0 aliphatic heterocycles. The van der Waals surface area contributed by atoms with E-state index in [4.69, 9.17) is 4.74 Å². The van der Waals surface area contributed by atoms with Gasteiger partial charge in [0.25, 0.3) is 0 Å². The van der Waals surface area contributed by atoms with Gasteiger partial charge >= 0.3 is 0 Å². The summed E-state index contributed by atoms with van der Waals surface area (Å²) in [4.78, 5) is 0. The molecule has 0 spiro atoms. The van der Waals surface area contributed by atoms with Gasteiger partial charge in [0.1, 0.15) is 11.6 Å². The van der Waals surface area contributed by atoms with Crippen molar-refractivity contribution in [2.75, 3.05) is 6.61 Å². The summed E-state index contributed by atoms with van der Waals surface area (Å²) < 4.78 is 21.8. The number of rotatable bonds is 12. The van der Waals surface area contributed by atoms with E-state index < -0.39 is 0 Å². The maximum atomic E-state index is 15.3. The number of benzene rings is 3. The fourth-order valence-electron chi connectivity index (χ4n) is 6.74. The summed E-state index contributed by atoms with van der Waals surface area (Å²) >= 11 is 0. The molecule has 3 aromatic rings. The van der Waals surface area contributed by atoms with Crippen LogP contribution in [-0.4, -0.2) is 6.61 Å². The van der Waals surface area contributed by atoms with Crippen molar-refractivity contribution in [2.24, 2.45) is 11.3 Å². The van der Waals surface area contributed by atoms with Gasteiger partial charge in [-0.3, -0.25) is 0 Å². The van der Waals surface area contributed by atoms with Gasteiger partial charge in [-0.05, 0) is 101 Å². The van der Waals surface area contributed by atoms with E-state index in [0.717, 1.165) is 54.2 Å². The molecule has 3 aromatic carbocycles. The zero-order valence-electron chi connectivity index (χ0n) is 25.9. The van der Waals surface area contributed by atoms with Gasteiger partial charge in [0.05, 0.1) is 6.61 Å². The van der Waals surface area contributed by atoms with Crippen molar-refractivity contribution >= 4 is 0 Å². The number of halogens is 1. The molecule has 0 heterocycles. The molecule has 0 N–H and O–H groups in total. The van der Waals surface area contributed by atoms with Crippen LogP contribution in [0.2, 0.25) is 0 Å². The third-order valence-corrected chi connectivity index (χ3v) is 10.1. The minimum absolute atomic E-state index is 0.106. The largest absolute Gasteiger partial charge is 0.493 e. The monoisotopic (exact) mass is 542 g/mol. The van der Waals surface area contributed by atoms with Crippen molar-refractivity contribution in [3.63, 3.8) is 0 Å². The van der Waals surface area contributed by atoms with E-state index in [9.17, 15) is 0 Å². The van der Waals surface area contributed by atoms with Crippen LogP contribution >= 0.6 is 0 Å². The molecule has 40 heavy (non-hydrogen) atoms. The van der Waals surface area contributed by atoms with Crippen molar-refractivity contribution in [1.29, 1.82) is 0 Å². The summed E-state index contributed by atoms with van der Waals surface area (Å²) in [6, 6.07) is 18.9. The van der Waals surface area contributed by atoms with Crippen molar-refractivity contribution in [3.8, 4) is 28.0 Å². The third kappa shape index (κ3) is 6.81. The van der Waals surface area contributed by atoms with Crippen LogP contribution < -0.4 is 4.74 Å². The first kappa shape index (κ1) is 30.4. The lowest BCUT2D eigenvalue weighted by atomic mass is 9.77. The van der Waals surface area contributed by atoms with Crippen LogP contribution in [0.4, 0.5) is 4.39 Å². The summed E-state index contributed by atoms with van der Waals surface area (Å²) in [5.74, 6) is 2.28. The summed E-state index contributed by atoms with van der Waals surface area (Å²) in [5, 5.41) is 0.